The van der Waals surface area contributed by atoms with E-state index in [1.165, 1.54) is 0 Å². The number of sulfonamides is 1. The van der Waals surface area contributed by atoms with Crippen molar-refractivity contribution in [2.45, 2.75) is 49.5 Å². The second kappa shape index (κ2) is 12.9. The number of hydrogen-bond acceptors (Lipinski definition) is 6. The molecule has 0 bridgehead atoms. The smallest absolute Gasteiger partial charge is 0.458 e. The van der Waals surface area contributed by atoms with Crippen LogP contribution in [0.15, 0.2) is 108 Å². The monoisotopic (exact) mass is 638 g/mol. The molecule has 1 heterocycles. The predicted molar refractivity (Wildman–Crippen MR) is 165 cm³/mol. The number of benzene rings is 4. The Morgan fingerprint density at radius 1 is 0.822 bits per heavy atom. The first-order valence-electron chi connectivity index (χ1n) is 14.4. The fraction of sp³-hybridized carbons (Fsp3) is 0.265. The summed E-state index contributed by atoms with van der Waals surface area (Å²) >= 11 is 0. The summed E-state index contributed by atoms with van der Waals surface area (Å²) in [6, 6.07) is 28.9. The number of carbonyl (C=O) groups excluding carboxylic acids is 1. The molecule has 1 atom stereocenters. The lowest BCUT2D eigenvalue weighted by Crippen LogP contribution is -2.44. The first-order chi connectivity index (χ1) is 21.3. The topological polar surface area (TPSA) is 84.9 Å². The molecule has 0 aliphatic carbocycles. The van der Waals surface area contributed by atoms with Gasteiger partial charge in [-0.15, -0.1) is 13.2 Å². The third-order valence-corrected chi connectivity index (χ3v) is 9.20. The van der Waals surface area contributed by atoms with Gasteiger partial charge in [-0.2, -0.15) is 0 Å². The largest absolute Gasteiger partial charge is 0.573 e. The summed E-state index contributed by atoms with van der Waals surface area (Å²) in [5.74, 6) is -1.09. The van der Waals surface area contributed by atoms with E-state index in [1.54, 1.807) is 13.8 Å². The van der Waals surface area contributed by atoms with Gasteiger partial charge in [0.15, 0.2) is 0 Å². The Kier molecular flexibility index (Phi) is 9.22. The highest BCUT2D eigenvalue weighted by molar-refractivity contribution is 7.89. The maximum absolute atomic E-state index is 13.7. The van der Waals surface area contributed by atoms with Crippen LogP contribution in [0.4, 0.5) is 24.5 Å². The number of ether oxygens (including phenoxy) is 2. The van der Waals surface area contributed by atoms with E-state index >= 15 is 0 Å². The molecule has 0 unspecified atom stereocenters. The zero-order chi connectivity index (χ0) is 32.2. The van der Waals surface area contributed by atoms with Crippen molar-refractivity contribution in [2.24, 2.45) is 0 Å². The number of aryl methyl sites for hydroxylation is 2. The highest BCUT2D eigenvalue weighted by Crippen LogP contribution is 2.36. The van der Waals surface area contributed by atoms with Gasteiger partial charge in [-0.3, -0.25) is 4.79 Å². The third kappa shape index (κ3) is 7.66. The van der Waals surface area contributed by atoms with Crippen LogP contribution in [0.5, 0.6) is 5.75 Å². The van der Waals surface area contributed by atoms with Gasteiger partial charge in [-0.1, -0.05) is 66.7 Å². The number of fused-ring (bicyclic) bond motifs is 2. The minimum atomic E-state index is -4.91. The number of anilines is 2. The molecule has 45 heavy (non-hydrogen) atoms. The zero-order valence-corrected chi connectivity index (χ0v) is 25.6. The summed E-state index contributed by atoms with van der Waals surface area (Å²) in [5, 5.41) is 0. The maximum atomic E-state index is 13.7. The SMILES string of the molecule is CC(C)(C(=O)O[C@H](CNS(=O)(=O)c1ccc(OC(F)(F)F)cc1)CN1c2ccccc2CCc2ccccc21)c1ccccc1. The molecule has 4 aromatic rings. The van der Waals surface area contributed by atoms with Gasteiger partial charge in [0.25, 0.3) is 0 Å². The zero-order valence-electron chi connectivity index (χ0n) is 24.8. The van der Waals surface area contributed by atoms with E-state index in [0.29, 0.717) is 0 Å². The molecule has 0 spiro atoms. The third-order valence-electron chi connectivity index (χ3n) is 7.76. The standard InChI is InChI=1S/C34H33F3N2O5S/c1-33(2,26-12-4-3-5-13-26)32(40)43-28(22-38-45(41,42)29-20-18-27(19-21-29)44-34(35,36)37)23-39-30-14-8-6-10-24(30)16-17-25-11-7-9-15-31(25)39/h3-15,18-21,28,38H,16-17,22-23H2,1-2H3/t28-/m1/s1. The van der Waals surface area contributed by atoms with Gasteiger partial charge in [-0.05, 0) is 79.8 Å². The molecule has 1 N–H and O–H groups in total. The molecule has 4 aromatic carbocycles. The van der Waals surface area contributed by atoms with Gasteiger partial charge in [0.1, 0.15) is 11.9 Å². The van der Waals surface area contributed by atoms with Crippen LogP contribution in [0, 0.1) is 0 Å². The minimum Gasteiger partial charge on any atom is -0.458 e. The molecule has 0 fully saturated rings. The second-order valence-corrected chi connectivity index (χ2v) is 13.0. The maximum Gasteiger partial charge on any atom is 0.573 e. The number of nitrogens with one attached hydrogen (secondary N) is 1. The number of esters is 1. The molecule has 1 aliphatic rings. The number of halogens is 3. The van der Waals surface area contributed by atoms with Crippen molar-refractivity contribution in [3.63, 3.8) is 0 Å². The number of para-hydroxylation sites is 2. The molecule has 0 saturated heterocycles. The molecule has 0 amide bonds. The van der Waals surface area contributed by atoms with Crippen LogP contribution in [0.2, 0.25) is 0 Å². The lowest BCUT2D eigenvalue weighted by Gasteiger charge is -2.33. The normalized spacial score (nSPS) is 14.1. The van der Waals surface area contributed by atoms with E-state index in [-0.39, 0.29) is 18.0 Å². The highest BCUT2D eigenvalue weighted by atomic mass is 32.2. The number of rotatable bonds is 10. The molecule has 11 heteroatoms. The quantitative estimate of drug-likeness (QED) is 0.195. The van der Waals surface area contributed by atoms with Gasteiger partial charge in [0.05, 0.1) is 16.9 Å². The van der Waals surface area contributed by atoms with Crippen LogP contribution in [0.25, 0.3) is 0 Å². The number of carbonyl (C=O) groups is 1. The molecule has 0 saturated carbocycles. The van der Waals surface area contributed by atoms with Gasteiger partial charge in [0.2, 0.25) is 10.0 Å². The van der Waals surface area contributed by atoms with Crippen molar-refractivity contribution in [1.82, 2.24) is 4.72 Å². The summed E-state index contributed by atoms with van der Waals surface area (Å²) in [6.07, 6.45) is -4.26. The van der Waals surface area contributed by atoms with Crippen LogP contribution >= 0.6 is 0 Å². The Morgan fingerprint density at radius 2 is 1.36 bits per heavy atom. The molecule has 7 nitrogen and oxygen atoms in total. The van der Waals surface area contributed by atoms with E-state index in [9.17, 15) is 26.4 Å². The van der Waals surface area contributed by atoms with E-state index in [4.69, 9.17) is 4.74 Å². The lowest BCUT2D eigenvalue weighted by atomic mass is 9.85. The summed E-state index contributed by atoms with van der Waals surface area (Å²) in [6.45, 7) is 3.33. The average Bonchev–Trinajstić information content (AvgIpc) is 3.17. The van der Waals surface area contributed by atoms with Crippen LogP contribution in [-0.2, 0) is 37.8 Å². The van der Waals surface area contributed by atoms with Crippen molar-refractivity contribution in [3.8, 4) is 5.75 Å². The molecule has 0 aromatic heterocycles. The van der Waals surface area contributed by atoms with E-state index in [2.05, 4.69) is 9.46 Å². The van der Waals surface area contributed by atoms with Crippen LogP contribution < -0.4 is 14.4 Å². The van der Waals surface area contributed by atoms with E-state index < -0.39 is 39.6 Å². The van der Waals surface area contributed by atoms with Crippen LogP contribution in [0.3, 0.4) is 0 Å². The summed E-state index contributed by atoms with van der Waals surface area (Å²) < 4.78 is 76.7. The van der Waals surface area contributed by atoms with Crippen LogP contribution in [0.1, 0.15) is 30.5 Å². The molecular weight excluding hydrogens is 605 g/mol. The second-order valence-electron chi connectivity index (χ2n) is 11.3. The van der Waals surface area contributed by atoms with Gasteiger partial charge in [0, 0.05) is 17.9 Å². The molecular formula is C34H33F3N2O5S. The minimum absolute atomic E-state index is 0.130. The fourth-order valence-corrected chi connectivity index (χ4v) is 6.36. The average molecular weight is 639 g/mol. The Morgan fingerprint density at radius 3 is 1.91 bits per heavy atom. The van der Waals surface area contributed by atoms with Crippen molar-refractivity contribution in [2.75, 3.05) is 18.0 Å². The van der Waals surface area contributed by atoms with Gasteiger partial charge < -0.3 is 14.4 Å². The van der Waals surface area contributed by atoms with Crippen LogP contribution in [-0.4, -0.2) is 39.9 Å². The first kappa shape index (κ1) is 32.1. The van der Waals surface area contributed by atoms with Gasteiger partial charge >= 0.3 is 12.3 Å². The Hall–Kier alpha value is -4.35. The fourth-order valence-electron chi connectivity index (χ4n) is 5.29. The molecule has 0 radical (unpaired) electrons. The Bertz CT molecular complexity index is 1700. The van der Waals surface area contributed by atoms with Crippen molar-refractivity contribution >= 4 is 27.4 Å². The molecule has 1 aliphatic heterocycles. The predicted octanol–water partition coefficient (Wildman–Crippen LogP) is 6.69. The van der Waals surface area contributed by atoms with Crippen molar-refractivity contribution < 1.29 is 35.9 Å². The highest BCUT2D eigenvalue weighted by Gasteiger charge is 2.35. The summed E-state index contributed by atoms with van der Waals surface area (Å²) in [7, 11) is -4.20. The summed E-state index contributed by atoms with van der Waals surface area (Å²) in [4.78, 5) is 15.5. The van der Waals surface area contributed by atoms with Crippen molar-refractivity contribution in [1.29, 1.82) is 0 Å². The number of alkyl halides is 3. The Labute approximate surface area is 260 Å². The van der Waals surface area contributed by atoms with Crippen molar-refractivity contribution in [3.05, 3.63) is 120 Å². The van der Waals surface area contributed by atoms with Gasteiger partial charge in [-0.25, -0.2) is 13.1 Å². The molecule has 5 rings (SSSR count). The first-order valence-corrected chi connectivity index (χ1v) is 15.9. The van der Waals surface area contributed by atoms with E-state index in [1.807, 2.05) is 83.8 Å². The van der Waals surface area contributed by atoms with E-state index in [0.717, 1.165) is 65.2 Å². The summed E-state index contributed by atoms with van der Waals surface area (Å²) in [5.41, 5.74) is 3.75. The Balaban J connectivity index is 1.44. The lowest BCUT2D eigenvalue weighted by molar-refractivity contribution is -0.274. The molecule has 236 valence electrons. The number of hydrogen-bond donors (Lipinski definition) is 1. The number of nitrogens with zero attached hydrogens (tertiary/aromatic N) is 1.